The molecular formula is C17H24N2OS. The van der Waals surface area contributed by atoms with Gasteiger partial charge in [0.05, 0.1) is 12.1 Å². The van der Waals surface area contributed by atoms with E-state index in [0.29, 0.717) is 11.0 Å². The zero-order valence-electron chi connectivity index (χ0n) is 12.7. The molecule has 4 heteroatoms. The summed E-state index contributed by atoms with van der Waals surface area (Å²) < 4.78 is 0. The number of hydrogen-bond acceptors (Lipinski definition) is 2. The molecule has 21 heavy (non-hydrogen) atoms. The molecule has 3 atom stereocenters. The number of hydrogen-bond donors (Lipinski definition) is 2. The van der Waals surface area contributed by atoms with Crippen molar-refractivity contribution in [2.75, 3.05) is 12.4 Å². The maximum absolute atomic E-state index is 10.3. The average Bonchev–Trinajstić information content (AvgIpc) is 2.49. The van der Waals surface area contributed by atoms with Crippen molar-refractivity contribution in [3.05, 3.63) is 42.5 Å². The maximum Gasteiger partial charge on any atom is 0.173 e. The normalized spacial score (nSPS) is 25.2. The Morgan fingerprint density at radius 1 is 1.43 bits per heavy atom. The van der Waals surface area contributed by atoms with Crippen LogP contribution >= 0.6 is 12.2 Å². The molecule has 0 radical (unpaired) electrons. The van der Waals surface area contributed by atoms with E-state index >= 15 is 0 Å². The van der Waals surface area contributed by atoms with Crippen LogP contribution in [0, 0.1) is 12.8 Å². The van der Waals surface area contributed by atoms with E-state index in [2.05, 4.69) is 11.9 Å². The third-order valence-corrected chi connectivity index (χ3v) is 4.75. The number of para-hydroxylation sites is 1. The van der Waals surface area contributed by atoms with Crippen molar-refractivity contribution in [3.8, 4) is 0 Å². The summed E-state index contributed by atoms with van der Waals surface area (Å²) in [6, 6.07) is 8.10. The van der Waals surface area contributed by atoms with Gasteiger partial charge in [0.25, 0.3) is 0 Å². The Balaban J connectivity index is 2.04. The highest BCUT2D eigenvalue weighted by atomic mass is 32.1. The minimum atomic E-state index is -0.331. The summed E-state index contributed by atoms with van der Waals surface area (Å²) in [6.07, 6.45) is 4.37. The number of aliphatic hydroxyl groups is 1. The van der Waals surface area contributed by atoms with E-state index in [1.807, 2.05) is 49.2 Å². The van der Waals surface area contributed by atoms with Crippen LogP contribution in [0.2, 0.25) is 0 Å². The van der Waals surface area contributed by atoms with Crippen LogP contribution in [0.25, 0.3) is 0 Å². The zero-order valence-corrected chi connectivity index (χ0v) is 13.6. The monoisotopic (exact) mass is 304 g/mol. The first-order valence-electron chi connectivity index (χ1n) is 7.43. The van der Waals surface area contributed by atoms with Crippen LogP contribution in [-0.2, 0) is 0 Å². The van der Waals surface area contributed by atoms with Crippen molar-refractivity contribution in [1.29, 1.82) is 0 Å². The first kappa shape index (κ1) is 16.0. The molecule has 2 N–H and O–H groups in total. The Kier molecular flexibility index (Phi) is 5.37. The average molecular weight is 304 g/mol. The lowest BCUT2D eigenvalue weighted by Crippen LogP contribution is -2.49. The lowest BCUT2D eigenvalue weighted by Gasteiger charge is -2.39. The lowest BCUT2D eigenvalue weighted by atomic mass is 9.83. The minimum Gasteiger partial charge on any atom is -0.391 e. The zero-order chi connectivity index (χ0) is 15.4. The van der Waals surface area contributed by atoms with Crippen LogP contribution in [0.15, 0.2) is 36.9 Å². The van der Waals surface area contributed by atoms with Crippen LogP contribution < -0.4 is 5.32 Å². The Bertz CT molecular complexity index is 517. The molecule has 0 bridgehead atoms. The first-order chi connectivity index (χ1) is 10.0. The van der Waals surface area contributed by atoms with Gasteiger partial charge >= 0.3 is 0 Å². The van der Waals surface area contributed by atoms with Gasteiger partial charge in [-0.3, -0.25) is 0 Å². The molecule has 1 aromatic carbocycles. The lowest BCUT2D eigenvalue weighted by molar-refractivity contribution is 0.0483. The summed E-state index contributed by atoms with van der Waals surface area (Å²) in [7, 11) is 1.95. The quantitative estimate of drug-likeness (QED) is 0.663. The molecule has 1 fully saturated rings. The second-order valence-corrected chi connectivity index (χ2v) is 6.19. The van der Waals surface area contributed by atoms with Crippen LogP contribution in [0.3, 0.4) is 0 Å². The molecule has 0 amide bonds. The number of anilines is 1. The smallest absolute Gasteiger partial charge is 0.173 e. The summed E-state index contributed by atoms with van der Waals surface area (Å²) in [4.78, 5) is 1.99. The van der Waals surface area contributed by atoms with Gasteiger partial charge < -0.3 is 15.3 Å². The van der Waals surface area contributed by atoms with Crippen molar-refractivity contribution >= 4 is 23.0 Å². The van der Waals surface area contributed by atoms with Gasteiger partial charge in [0.15, 0.2) is 5.11 Å². The number of allylic oxidation sites excluding steroid dienone is 1. The minimum absolute atomic E-state index is 0.0470. The Hall–Kier alpha value is -1.39. The Morgan fingerprint density at radius 2 is 2.14 bits per heavy atom. The highest BCUT2D eigenvalue weighted by Gasteiger charge is 2.31. The third kappa shape index (κ3) is 3.83. The van der Waals surface area contributed by atoms with E-state index in [9.17, 15) is 5.11 Å². The molecule has 0 spiro atoms. The molecule has 3 nitrogen and oxygen atoms in total. The SMILES string of the molecule is C=CC1CCC(O)C(N(C)C(=S)Nc2ccccc2C)C1. The van der Waals surface area contributed by atoms with E-state index in [0.717, 1.165) is 30.5 Å². The molecule has 0 saturated heterocycles. The van der Waals surface area contributed by atoms with Gasteiger partial charge in [-0.15, -0.1) is 6.58 Å². The van der Waals surface area contributed by atoms with Gasteiger partial charge in [-0.25, -0.2) is 0 Å². The summed E-state index contributed by atoms with van der Waals surface area (Å²) in [6.45, 7) is 5.93. The molecule has 1 saturated carbocycles. The Morgan fingerprint density at radius 3 is 2.81 bits per heavy atom. The number of aryl methyl sites for hydroxylation is 1. The number of likely N-dealkylation sites (N-methyl/N-ethyl adjacent to an activating group) is 1. The van der Waals surface area contributed by atoms with E-state index in [-0.39, 0.29) is 12.1 Å². The largest absolute Gasteiger partial charge is 0.391 e. The molecule has 1 aliphatic rings. The first-order valence-corrected chi connectivity index (χ1v) is 7.83. The fraction of sp³-hybridized carbons (Fsp3) is 0.471. The molecule has 3 unspecified atom stereocenters. The van der Waals surface area contributed by atoms with E-state index in [1.165, 1.54) is 0 Å². The molecule has 0 heterocycles. The van der Waals surface area contributed by atoms with Gasteiger partial charge in [0, 0.05) is 12.7 Å². The van der Waals surface area contributed by atoms with Gasteiger partial charge in [-0.05, 0) is 56.0 Å². The molecule has 0 aliphatic heterocycles. The van der Waals surface area contributed by atoms with E-state index in [1.54, 1.807) is 0 Å². The van der Waals surface area contributed by atoms with Crippen molar-refractivity contribution < 1.29 is 5.11 Å². The maximum atomic E-state index is 10.3. The molecular weight excluding hydrogens is 280 g/mol. The molecule has 0 aromatic heterocycles. The predicted molar refractivity (Wildman–Crippen MR) is 92.5 cm³/mol. The highest BCUT2D eigenvalue weighted by molar-refractivity contribution is 7.80. The number of rotatable bonds is 3. The topological polar surface area (TPSA) is 35.5 Å². The van der Waals surface area contributed by atoms with Crippen LogP contribution in [0.5, 0.6) is 0 Å². The van der Waals surface area contributed by atoms with Crippen molar-refractivity contribution in [1.82, 2.24) is 4.90 Å². The van der Waals surface area contributed by atoms with Crippen LogP contribution in [-0.4, -0.2) is 34.3 Å². The molecule has 114 valence electrons. The van der Waals surface area contributed by atoms with E-state index in [4.69, 9.17) is 12.2 Å². The fourth-order valence-electron chi connectivity index (χ4n) is 2.86. The molecule has 2 rings (SSSR count). The third-order valence-electron chi connectivity index (χ3n) is 4.36. The second-order valence-electron chi connectivity index (χ2n) is 5.80. The number of nitrogens with one attached hydrogen (secondary N) is 1. The summed E-state index contributed by atoms with van der Waals surface area (Å²) in [5, 5.41) is 14.2. The van der Waals surface area contributed by atoms with Crippen LogP contribution in [0.4, 0.5) is 5.69 Å². The second kappa shape index (κ2) is 7.05. The number of thiocarbonyl (C=S) groups is 1. The fourth-order valence-corrected chi connectivity index (χ4v) is 3.11. The van der Waals surface area contributed by atoms with Gasteiger partial charge in [0.2, 0.25) is 0 Å². The van der Waals surface area contributed by atoms with Crippen molar-refractivity contribution in [2.45, 2.75) is 38.3 Å². The molecule has 1 aromatic rings. The Labute approximate surface area is 132 Å². The number of benzene rings is 1. The molecule has 1 aliphatic carbocycles. The number of aliphatic hydroxyl groups excluding tert-OH is 1. The summed E-state index contributed by atoms with van der Waals surface area (Å²) >= 11 is 5.50. The van der Waals surface area contributed by atoms with Gasteiger partial charge in [-0.2, -0.15) is 0 Å². The van der Waals surface area contributed by atoms with Crippen molar-refractivity contribution in [2.24, 2.45) is 5.92 Å². The standard InChI is InChI=1S/C17H24N2OS/c1-4-13-9-10-16(20)15(11-13)19(3)17(21)18-14-8-6-5-7-12(14)2/h4-8,13,15-16,20H,1,9-11H2,2-3H3,(H,18,21). The van der Waals surface area contributed by atoms with E-state index < -0.39 is 0 Å². The van der Waals surface area contributed by atoms with Crippen molar-refractivity contribution in [3.63, 3.8) is 0 Å². The van der Waals surface area contributed by atoms with Gasteiger partial charge in [0.1, 0.15) is 0 Å². The predicted octanol–water partition coefficient (Wildman–Crippen LogP) is 3.34. The highest BCUT2D eigenvalue weighted by Crippen LogP contribution is 2.28. The number of nitrogens with zero attached hydrogens (tertiary/aromatic N) is 1. The van der Waals surface area contributed by atoms with Gasteiger partial charge in [-0.1, -0.05) is 24.3 Å². The van der Waals surface area contributed by atoms with Crippen LogP contribution in [0.1, 0.15) is 24.8 Å². The summed E-state index contributed by atoms with van der Waals surface area (Å²) in [5.74, 6) is 0.460. The summed E-state index contributed by atoms with van der Waals surface area (Å²) in [5.41, 5.74) is 2.17.